The molecule has 0 aromatic heterocycles. The molecule has 94 valence electrons. The van der Waals surface area contributed by atoms with Gasteiger partial charge in [-0.25, -0.2) is 0 Å². The summed E-state index contributed by atoms with van der Waals surface area (Å²) in [6.07, 6.45) is 0. The molecule has 0 saturated carbocycles. The van der Waals surface area contributed by atoms with Crippen LogP contribution in [0.15, 0.2) is 48.5 Å². The highest BCUT2D eigenvalue weighted by molar-refractivity contribution is 6.34. The molecule has 0 bridgehead atoms. The molecule has 3 nitrogen and oxygen atoms in total. The number of carbonyl (C=O) groups excluding carboxylic acids is 1. The van der Waals surface area contributed by atoms with E-state index in [1.165, 1.54) is 0 Å². The third-order valence-electron chi connectivity index (χ3n) is 2.28. The number of amides is 1. The molecule has 18 heavy (non-hydrogen) atoms. The molecule has 2 aromatic carbocycles. The van der Waals surface area contributed by atoms with Gasteiger partial charge < -0.3 is 11.1 Å². The SMILES string of the molecule is Cl.Nc1ccc(NC(=O)c2ccccc2)c(Cl)c1. The molecule has 0 aliphatic carbocycles. The fourth-order valence-electron chi connectivity index (χ4n) is 1.42. The second-order valence-corrected chi connectivity index (χ2v) is 3.97. The van der Waals surface area contributed by atoms with Gasteiger partial charge in [0.1, 0.15) is 0 Å². The fourth-order valence-corrected chi connectivity index (χ4v) is 1.65. The van der Waals surface area contributed by atoms with Gasteiger partial charge in [-0.15, -0.1) is 12.4 Å². The van der Waals surface area contributed by atoms with Crippen molar-refractivity contribution in [3.05, 3.63) is 59.1 Å². The highest BCUT2D eigenvalue weighted by atomic mass is 35.5. The largest absolute Gasteiger partial charge is 0.399 e. The Balaban J connectivity index is 0.00000162. The quantitative estimate of drug-likeness (QED) is 0.827. The smallest absolute Gasteiger partial charge is 0.255 e. The van der Waals surface area contributed by atoms with Crippen molar-refractivity contribution in [2.45, 2.75) is 0 Å². The molecule has 2 rings (SSSR count). The fraction of sp³-hybridized carbons (Fsp3) is 0. The number of carbonyl (C=O) groups is 1. The maximum Gasteiger partial charge on any atom is 0.255 e. The van der Waals surface area contributed by atoms with Gasteiger partial charge in [-0.05, 0) is 30.3 Å². The first kappa shape index (κ1) is 14.4. The number of hydrogen-bond donors (Lipinski definition) is 2. The van der Waals surface area contributed by atoms with E-state index in [-0.39, 0.29) is 18.3 Å². The predicted molar refractivity (Wildman–Crippen MR) is 77.5 cm³/mol. The van der Waals surface area contributed by atoms with Crippen LogP contribution in [-0.4, -0.2) is 5.91 Å². The Morgan fingerprint density at radius 2 is 1.78 bits per heavy atom. The van der Waals surface area contributed by atoms with Gasteiger partial charge in [-0.3, -0.25) is 4.79 Å². The van der Waals surface area contributed by atoms with E-state index in [1.54, 1.807) is 42.5 Å². The highest BCUT2D eigenvalue weighted by Crippen LogP contribution is 2.24. The second-order valence-electron chi connectivity index (χ2n) is 3.56. The lowest BCUT2D eigenvalue weighted by atomic mass is 10.2. The molecule has 2 aromatic rings. The Morgan fingerprint density at radius 1 is 1.11 bits per heavy atom. The van der Waals surface area contributed by atoms with E-state index in [2.05, 4.69) is 5.32 Å². The summed E-state index contributed by atoms with van der Waals surface area (Å²) >= 11 is 5.97. The first-order valence-electron chi connectivity index (χ1n) is 5.08. The number of nitrogen functional groups attached to an aromatic ring is 1. The first-order chi connectivity index (χ1) is 8.16. The molecular weight excluding hydrogens is 271 g/mol. The summed E-state index contributed by atoms with van der Waals surface area (Å²) in [6.45, 7) is 0. The minimum Gasteiger partial charge on any atom is -0.399 e. The Hall–Kier alpha value is -1.71. The molecule has 0 aliphatic heterocycles. The van der Waals surface area contributed by atoms with Crippen LogP contribution in [0.5, 0.6) is 0 Å². The minimum atomic E-state index is -0.197. The molecule has 0 atom stereocenters. The second kappa shape index (κ2) is 6.28. The van der Waals surface area contributed by atoms with E-state index in [1.807, 2.05) is 6.07 Å². The normalized spacial score (nSPS) is 9.39. The van der Waals surface area contributed by atoms with E-state index in [0.29, 0.717) is 22.0 Å². The Bertz CT molecular complexity index is 544. The average Bonchev–Trinajstić information content (AvgIpc) is 2.34. The van der Waals surface area contributed by atoms with Gasteiger partial charge in [-0.1, -0.05) is 29.8 Å². The standard InChI is InChI=1S/C13H11ClN2O.ClH/c14-11-8-10(15)6-7-12(11)16-13(17)9-4-2-1-3-5-9;/h1-8H,15H2,(H,16,17);1H. The first-order valence-corrected chi connectivity index (χ1v) is 5.46. The van der Waals surface area contributed by atoms with Crippen LogP contribution in [0.1, 0.15) is 10.4 Å². The van der Waals surface area contributed by atoms with Crippen molar-refractivity contribution in [2.24, 2.45) is 0 Å². The van der Waals surface area contributed by atoms with Crippen molar-refractivity contribution in [2.75, 3.05) is 11.1 Å². The van der Waals surface area contributed by atoms with Crippen molar-refractivity contribution in [1.82, 2.24) is 0 Å². The minimum absolute atomic E-state index is 0. The maximum atomic E-state index is 11.9. The molecule has 0 spiro atoms. The molecule has 1 amide bonds. The van der Waals surface area contributed by atoms with Crippen LogP contribution in [0.25, 0.3) is 0 Å². The Kier molecular flexibility index (Phi) is 5.01. The lowest BCUT2D eigenvalue weighted by Crippen LogP contribution is -2.11. The molecular formula is C13H12Cl2N2O. The van der Waals surface area contributed by atoms with Gasteiger partial charge in [0, 0.05) is 11.3 Å². The van der Waals surface area contributed by atoms with E-state index < -0.39 is 0 Å². The van der Waals surface area contributed by atoms with Crippen LogP contribution in [0.4, 0.5) is 11.4 Å². The Labute approximate surface area is 116 Å². The van der Waals surface area contributed by atoms with Crippen molar-refractivity contribution in [3.8, 4) is 0 Å². The third kappa shape index (κ3) is 3.39. The summed E-state index contributed by atoms with van der Waals surface area (Å²) < 4.78 is 0. The Morgan fingerprint density at radius 3 is 2.39 bits per heavy atom. The van der Waals surface area contributed by atoms with Crippen LogP contribution < -0.4 is 11.1 Å². The number of halogens is 2. The van der Waals surface area contributed by atoms with Crippen molar-refractivity contribution < 1.29 is 4.79 Å². The van der Waals surface area contributed by atoms with Crippen LogP contribution in [0.3, 0.4) is 0 Å². The van der Waals surface area contributed by atoms with Gasteiger partial charge in [0.25, 0.3) is 5.91 Å². The molecule has 0 heterocycles. The van der Waals surface area contributed by atoms with E-state index in [0.717, 1.165) is 0 Å². The highest BCUT2D eigenvalue weighted by Gasteiger charge is 2.07. The number of nitrogens with two attached hydrogens (primary N) is 1. The van der Waals surface area contributed by atoms with Gasteiger partial charge >= 0.3 is 0 Å². The average molecular weight is 283 g/mol. The van der Waals surface area contributed by atoms with E-state index in [9.17, 15) is 4.79 Å². The number of rotatable bonds is 2. The molecule has 0 saturated heterocycles. The number of hydrogen-bond acceptors (Lipinski definition) is 2. The monoisotopic (exact) mass is 282 g/mol. The maximum absolute atomic E-state index is 11.9. The van der Waals surface area contributed by atoms with E-state index >= 15 is 0 Å². The molecule has 0 aliphatic rings. The molecule has 0 unspecified atom stereocenters. The third-order valence-corrected chi connectivity index (χ3v) is 2.59. The number of benzene rings is 2. The molecule has 0 radical (unpaired) electrons. The molecule has 3 N–H and O–H groups in total. The summed E-state index contributed by atoms with van der Waals surface area (Å²) in [6, 6.07) is 13.9. The van der Waals surface area contributed by atoms with Gasteiger partial charge in [0.05, 0.1) is 10.7 Å². The lowest BCUT2D eigenvalue weighted by molar-refractivity contribution is 0.102. The summed E-state index contributed by atoms with van der Waals surface area (Å²) in [5, 5.41) is 3.15. The van der Waals surface area contributed by atoms with Crippen LogP contribution >= 0.6 is 24.0 Å². The van der Waals surface area contributed by atoms with Crippen molar-refractivity contribution in [1.29, 1.82) is 0 Å². The van der Waals surface area contributed by atoms with Crippen LogP contribution in [-0.2, 0) is 0 Å². The zero-order chi connectivity index (χ0) is 12.3. The van der Waals surface area contributed by atoms with Crippen molar-refractivity contribution >= 4 is 41.3 Å². The van der Waals surface area contributed by atoms with Gasteiger partial charge in [0.2, 0.25) is 0 Å². The topological polar surface area (TPSA) is 55.1 Å². The zero-order valence-electron chi connectivity index (χ0n) is 9.39. The summed E-state index contributed by atoms with van der Waals surface area (Å²) in [7, 11) is 0. The molecule has 5 heteroatoms. The lowest BCUT2D eigenvalue weighted by Gasteiger charge is -2.07. The van der Waals surface area contributed by atoms with Crippen LogP contribution in [0.2, 0.25) is 5.02 Å². The number of nitrogens with one attached hydrogen (secondary N) is 1. The number of anilines is 2. The molecule has 0 fully saturated rings. The summed E-state index contributed by atoms with van der Waals surface area (Å²) in [4.78, 5) is 11.9. The zero-order valence-corrected chi connectivity index (χ0v) is 11.0. The van der Waals surface area contributed by atoms with Gasteiger partial charge in [0.15, 0.2) is 0 Å². The van der Waals surface area contributed by atoms with Crippen molar-refractivity contribution in [3.63, 3.8) is 0 Å². The predicted octanol–water partition coefficient (Wildman–Crippen LogP) is 3.60. The van der Waals surface area contributed by atoms with E-state index in [4.69, 9.17) is 17.3 Å². The summed E-state index contributed by atoms with van der Waals surface area (Å²) in [5.41, 5.74) is 7.27. The van der Waals surface area contributed by atoms with Gasteiger partial charge in [-0.2, -0.15) is 0 Å². The van der Waals surface area contributed by atoms with Crippen LogP contribution in [0, 0.1) is 0 Å². The summed E-state index contributed by atoms with van der Waals surface area (Å²) in [5.74, 6) is -0.197.